The van der Waals surface area contributed by atoms with Gasteiger partial charge in [0, 0.05) is 24.5 Å². The van der Waals surface area contributed by atoms with Gasteiger partial charge in [0.1, 0.15) is 0 Å². The van der Waals surface area contributed by atoms with Crippen molar-refractivity contribution in [3.05, 3.63) is 20.8 Å². The summed E-state index contributed by atoms with van der Waals surface area (Å²) >= 11 is 5.06. The Bertz CT molecular complexity index is 414. The Kier molecular flexibility index (Phi) is 3.78. The first-order valence-electron chi connectivity index (χ1n) is 6.34. The number of hydrogen-bond acceptors (Lipinski definition) is 4. The van der Waals surface area contributed by atoms with Crippen LogP contribution in [0.4, 0.5) is 0 Å². The van der Waals surface area contributed by atoms with E-state index in [9.17, 15) is 5.11 Å². The second-order valence-corrected chi connectivity index (χ2v) is 7.67. The quantitative estimate of drug-likeness (QED) is 0.904. The van der Waals surface area contributed by atoms with E-state index in [1.54, 1.807) is 11.3 Å². The molecule has 1 aromatic rings. The molecular formula is C13H17BrO3S. The maximum absolute atomic E-state index is 10.5. The summed E-state index contributed by atoms with van der Waals surface area (Å²) in [5.74, 6) is 0.283. The van der Waals surface area contributed by atoms with Crippen LogP contribution < -0.4 is 0 Å². The van der Waals surface area contributed by atoms with Crippen LogP contribution in [0.5, 0.6) is 0 Å². The molecular weight excluding hydrogens is 316 g/mol. The van der Waals surface area contributed by atoms with Gasteiger partial charge in [-0.25, -0.2) is 0 Å². The van der Waals surface area contributed by atoms with Crippen LogP contribution >= 0.6 is 27.3 Å². The summed E-state index contributed by atoms with van der Waals surface area (Å²) in [5.41, 5.74) is -0.127. The number of thiophene rings is 1. The molecule has 0 aromatic carbocycles. The van der Waals surface area contributed by atoms with Crippen molar-refractivity contribution in [3.63, 3.8) is 0 Å². The molecule has 0 saturated carbocycles. The lowest BCUT2D eigenvalue weighted by Crippen LogP contribution is -2.41. The van der Waals surface area contributed by atoms with Gasteiger partial charge in [-0.2, -0.15) is 0 Å². The zero-order valence-corrected chi connectivity index (χ0v) is 12.5. The molecule has 0 radical (unpaired) electrons. The zero-order chi connectivity index (χ0) is 12.6. The second kappa shape index (κ2) is 5.21. The predicted octanol–water partition coefficient (Wildman–Crippen LogP) is 3.13. The van der Waals surface area contributed by atoms with E-state index in [0.717, 1.165) is 41.1 Å². The number of aliphatic hydroxyl groups is 1. The minimum atomic E-state index is -0.373. The molecule has 0 amide bonds. The van der Waals surface area contributed by atoms with Crippen molar-refractivity contribution >= 4 is 27.3 Å². The fourth-order valence-corrected chi connectivity index (χ4v) is 4.42. The molecule has 2 aliphatic rings. The molecule has 3 rings (SSSR count). The van der Waals surface area contributed by atoms with E-state index >= 15 is 0 Å². The molecule has 3 unspecified atom stereocenters. The van der Waals surface area contributed by atoms with E-state index in [1.807, 2.05) is 12.1 Å². The molecule has 3 nitrogen and oxygen atoms in total. The first-order valence-corrected chi connectivity index (χ1v) is 7.94. The van der Waals surface area contributed by atoms with Crippen LogP contribution in [-0.4, -0.2) is 30.5 Å². The first-order chi connectivity index (χ1) is 8.69. The average Bonchev–Trinajstić information content (AvgIpc) is 2.98. The van der Waals surface area contributed by atoms with Gasteiger partial charge in [0.05, 0.1) is 22.1 Å². The smallest absolute Gasteiger partial charge is 0.0940 e. The molecule has 0 aliphatic carbocycles. The highest BCUT2D eigenvalue weighted by molar-refractivity contribution is 9.11. The van der Waals surface area contributed by atoms with Crippen molar-refractivity contribution in [2.24, 2.45) is 5.92 Å². The molecule has 1 spiro atoms. The van der Waals surface area contributed by atoms with Gasteiger partial charge in [-0.1, -0.05) is 0 Å². The molecule has 0 bridgehead atoms. The lowest BCUT2D eigenvalue weighted by Gasteiger charge is -2.38. The van der Waals surface area contributed by atoms with Crippen LogP contribution in [0.15, 0.2) is 15.9 Å². The largest absolute Gasteiger partial charge is 0.387 e. The van der Waals surface area contributed by atoms with Crippen molar-refractivity contribution in [1.29, 1.82) is 0 Å². The molecule has 5 heteroatoms. The fraction of sp³-hybridized carbons (Fsp3) is 0.692. The standard InChI is InChI=1S/C13H17BrO3S/c14-11-2-1-10(18-11)12(15)9-3-5-17-13(7-9)4-6-16-8-13/h1-2,9,12,15H,3-8H2. The van der Waals surface area contributed by atoms with Crippen molar-refractivity contribution < 1.29 is 14.6 Å². The predicted molar refractivity (Wildman–Crippen MR) is 73.8 cm³/mol. The normalized spacial score (nSPS) is 34.0. The molecule has 2 fully saturated rings. The van der Waals surface area contributed by atoms with E-state index in [-0.39, 0.29) is 17.6 Å². The highest BCUT2D eigenvalue weighted by atomic mass is 79.9. The molecule has 18 heavy (non-hydrogen) atoms. The Morgan fingerprint density at radius 3 is 3.00 bits per heavy atom. The Morgan fingerprint density at radius 1 is 1.44 bits per heavy atom. The SMILES string of the molecule is OC(c1ccc(Br)s1)C1CCOC2(CCOC2)C1. The molecule has 3 atom stereocenters. The van der Waals surface area contributed by atoms with Crippen molar-refractivity contribution in [1.82, 2.24) is 0 Å². The van der Waals surface area contributed by atoms with Gasteiger partial charge < -0.3 is 14.6 Å². The van der Waals surface area contributed by atoms with E-state index in [4.69, 9.17) is 9.47 Å². The summed E-state index contributed by atoms with van der Waals surface area (Å²) in [6, 6.07) is 4.00. The molecule has 100 valence electrons. The van der Waals surface area contributed by atoms with Gasteiger partial charge >= 0.3 is 0 Å². The zero-order valence-electron chi connectivity index (χ0n) is 10.1. The Hall–Kier alpha value is 0.0600. The average molecular weight is 333 g/mol. The highest BCUT2D eigenvalue weighted by Gasteiger charge is 2.43. The number of hydrogen-bond donors (Lipinski definition) is 1. The summed E-state index contributed by atoms with van der Waals surface area (Å²) in [7, 11) is 0. The van der Waals surface area contributed by atoms with E-state index in [1.165, 1.54) is 0 Å². The summed E-state index contributed by atoms with van der Waals surface area (Å²) in [6.45, 7) is 2.20. The van der Waals surface area contributed by atoms with Crippen molar-refractivity contribution in [3.8, 4) is 0 Å². The van der Waals surface area contributed by atoms with Gasteiger partial charge in [0.25, 0.3) is 0 Å². The summed E-state index contributed by atoms with van der Waals surface area (Å²) in [5, 5.41) is 10.5. The van der Waals surface area contributed by atoms with E-state index < -0.39 is 0 Å². The van der Waals surface area contributed by atoms with E-state index in [2.05, 4.69) is 15.9 Å². The van der Waals surface area contributed by atoms with Crippen LogP contribution in [0.25, 0.3) is 0 Å². The summed E-state index contributed by atoms with van der Waals surface area (Å²) < 4.78 is 12.4. The summed E-state index contributed by atoms with van der Waals surface area (Å²) in [4.78, 5) is 1.04. The van der Waals surface area contributed by atoms with Crippen LogP contribution in [0.3, 0.4) is 0 Å². The van der Waals surface area contributed by atoms with Crippen LogP contribution in [-0.2, 0) is 9.47 Å². The fourth-order valence-electron chi connectivity index (χ4n) is 2.92. The Labute approximate surface area is 119 Å². The molecule has 3 heterocycles. The minimum Gasteiger partial charge on any atom is -0.387 e. The van der Waals surface area contributed by atoms with Crippen LogP contribution in [0.1, 0.15) is 30.2 Å². The minimum absolute atomic E-state index is 0.127. The molecule has 1 aromatic heterocycles. The first kappa shape index (κ1) is 13.1. The number of aliphatic hydroxyl groups excluding tert-OH is 1. The molecule has 1 N–H and O–H groups in total. The Morgan fingerprint density at radius 2 is 2.33 bits per heavy atom. The molecule has 2 aliphatic heterocycles. The lowest BCUT2D eigenvalue weighted by molar-refractivity contribution is -0.116. The maximum Gasteiger partial charge on any atom is 0.0940 e. The third kappa shape index (κ3) is 2.51. The van der Waals surface area contributed by atoms with Gasteiger partial charge in [-0.05, 0) is 46.8 Å². The second-order valence-electron chi connectivity index (χ2n) is 5.17. The van der Waals surface area contributed by atoms with Crippen molar-refractivity contribution in [2.75, 3.05) is 19.8 Å². The van der Waals surface area contributed by atoms with Crippen molar-refractivity contribution in [2.45, 2.75) is 31.0 Å². The van der Waals surface area contributed by atoms with Gasteiger partial charge in [-0.3, -0.25) is 0 Å². The topological polar surface area (TPSA) is 38.7 Å². The van der Waals surface area contributed by atoms with Gasteiger partial charge in [-0.15, -0.1) is 11.3 Å². The van der Waals surface area contributed by atoms with Crippen LogP contribution in [0.2, 0.25) is 0 Å². The number of halogens is 1. The third-order valence-corrected chi connectivity index (χ3v) is 5.62. The third-order valence-electron chi connectivity index (χ3n) is 3.93. The Balaban J connectivity index is 1.72. The maximum atomic E-state index is 10.5. The van der Waals surface area contributed by atoms with E-state index in [0.29, 0.717) is 6.61 Å². The molecule has 2 saturated heterocycles. The summed E-state index contributed by atoms with van der Waals surface area (Å²) in [6.07, 6.45) is 2.43. The number of rotatable bonds is 2. The monoisotopic (exact) mass is 332 g/mol. The van der Waals surface area contributed by atoms with Gasteiger partial charge in [0.15, 0.2) is 0 Å². The number of ether oxygens (including phenoxy) is 2. The van der Waals surface area contributed by atoms with Crippen LogP contribution in [0, 0.1) is 5.92 Å². The highest BCUT2D eigenvalue weighted by Crippen LogP contribution is 2.42. The lowest BCUT2D eigenvalue weighted by atomic mass is 9.82. The van der Waals surface area contributed by atoms with Gasteiger partial charge in [0.2, 0.25) is 0 Å².